The van der Waals surface area contributed by atoms with Crippen molar-refractivity contribution in [2.45, 2.75) is 32.1 Å². The van der Waals surface area contributed by atoms with Gasteiger partial charge in [0.05, 0.1) is 22.4 Å². The van der Waals surface area contributed by atoms with Crippen LogP contribution < -0.4 is 4.90 Å². The molecule has 0 radical (unpaired) electrons. The summed E-state index contributed by atoms with van der Waals surface area (Å²) >= 11 is 0. The largest absolute Gasteiger partial charge is 0.274 e. The van der Waals surface area contributed by atoms with E-state index in [2.05, 4.69) is 12.2 Å². The second kappa shape index (κ2) is 5.87. The number of anilines is 1. The van der Waals surface area contributed by atoms with E-state index in [4.69, 9.17) is 0 Å². The van der Waals surface area contributed by atoms with Gasteiger partial charge >= 0.3 is 0 Å². The molecular weight excluding hydrogens is 344 g/mol. The standard InChI is InChI=1S/C21H20N2O4/c24-20-18-15-9-10-16(17(15)12-5-2-1-3-6-12)19(18)21(25)22(20)13-7-4-8-14(11-13)23(26)27/h4,7-11,15-16,18-19H,1-3,5-6H2. The van der Waals surface area contributed by atoms with E-state index in [0.717, 1.165) is 12.8 Å². The first-order chi connectivity index (χ1) is 13.1. The lowest BCUT2D eigenvalue weighted by Gasteiger charge is -2.23. The van der Waals surface area contributed by atoms with E-state index in [1.54, 1.807) is 6.07 Å². The number of carbonyl (C=O) groups is 2. The summed E-state index contributed by atoms with van der Waals surface area (Å²) in [5.74, 6) is -1.08. The van der Waals surface area contributed by atoms with Crippen molar-refractivity contribution >= 4 is 23.2 Å². The number of allylic oxidation sites excluding steroid dienone is 4. The number of benzene rings is 1. The third-order valence-electron chi connectivity index (χ3n) is 6.58. The lowest BCUT2D eigenvalue weighted by Crippen LogP contribution is -2.33. The summed E-state index contributed by atoms with van der Waals surface area (Å²) in [7, 11) is 0. The molecule has 6 heteroatoms. The van der Waals surface area contributed by atoms with Gasteiger partial charge in [-0.05, 0) is 31.7 Å². The number of non-ortho nitro benzene ring substituents is 1. The van der Waals surface area contributed by atoms with Crippen LogP contribution in [0.5, 0.6) is 0 Å². The Morgan fingerprint density at radius 2 is 1.59 bits per heavy atom. The highest BCUT2D eigenvalue weighted by Gasteiger charge is 2.62. The van der Waals surface area contributed by atoms with Gasteiger partial charge in [-0.1, -0.05) is 35.8 Å². The molecular formula is C21H20N2O4. The third-order valence-corrected chi connectivity index (χ3v) is 6.58. The van der Waals surface area contributed by atoms with Crippen molar-refractivity contribution in [2.24, 2.45) is 23.7 Å². The second-order valence-corrected chi connectivity index (χ2v) is 7.90. The number of amides is 2. The van der Waals surface area contributed by atoms with E-state index >= 15 is 0 Å². The van der Waals surface area contributed by atoms with E-state index in [-0.39, 0.29) is 41.2 Å². The van der Waals surface area contributed by atoms with E-state index in [1.165, 1.54) is 53.5 Å². The summed E-state index contributed by atoms with van der Waals surface area (Å²) in [5, 5.41) is 11.1. The highest BCUT2D eigenvalue weighted by molar-refractivity contribution is 6.23. The van der Waals surface area contributed by atoms with Gasteiger partial charge in [0.1, 0.15) is 0 Å². The Balaban J connectivity index is 1.52. The summed E-state index contributed by atoms with van der Waals surface area (Å²) in [6.45, 7) is 0. The minimum atomic E-state index is -0.508. The molecule has 1 aliphatic heterocycles. The molecule has 4 unspecified atom stereocenters. The van der Waals surface area contributed by atoms with Crippen molar-refractivity contribution < 1.29 is 14.5 Å². The summed E-state index contributed by atoms with van der Waals surface area (Å²) in [4.78, 5) is 38.1. The molecule has 27 heavy (non-hydrogen) atoms. The monoisotopic (exact) mass is 364 g/mol. The number of carbonyl (C=O) groups excluding carboxylic acids is 2. The van der Waals surface area contributed by atoms with Crippen LogP contribution >= 0.6 is 0 Å². The first kappa shape index (κ1) is 16.4. The van der Waals surface area contributed by atoms with Crippen LogP contribution in [0.4, 0.5) is 11.4 Å². The minimum Gasteiger partial charge on any atom is -0.274 e. The average molecular weight is 364 g/mol. The Morgan fingerprint density at radius 1 is 0.963 bits per heavy atom. The lowest BCUT2D eigenvalue weighted by atomic mass is 9.85. The SMILES string of the molecule is O=C1C2C3C=CC(C3=C3CCCCC3)C2C(=O)N1c1cccc([N+](=O)[O-])c1. The minimum absolute atomic E-state index is 0.0215. The van der Waals surface area contributed by atoms with Crippen LogP contribution in [-0.4, -0.2) is 16.7 Å². The fourth-order valence-electron chi connectivity index (χ4n) is 5.50. The topological polar surface area (TPSA) is 80.5 Å². The molecule has 2 saturated carbocycles. The number of nitro benzene ring substituents is 1. The van der Waals surface area contributed by atoms with Gasteiger partial charge in [0.25, 0.3) is 5.69 Å². The van der Waals surface area contributed by atoms with E-state index in [9.17, 15) is 19.7 Å². The highest BCUT2D eigenvalue weighted by atomic mass is 16.6. The molecule has 2 amide bonds. The van der Waals surface area contributed by atoms with Gasteiger partial charge in [-0.2, -0.15) is 0 Å². The number of fused-ring (bicyclic) bond motifs is 5. The smallest absolute Gasteiger partial charge is 0.271 e. The first-order valence-electron chi connectivity index (χ1n) is 9.60. The molecule has 3 aliphatic carbocycles. The van der Waals surface area contributed by atoms with Crippen molar-refractivity contribution in [2.75, 3.05) is 4.90 Å². The predicted octanol–water partition coefficient (Wildman–Crippen LogP) is 3.78. The van der Waals surface area contributed by atoms with E-state index in [1.807, 2.05) is 0 Å². The Kier molecular flexibility index (Phi) is 3.57. The van der Waals surface area contributed by atoms with Crippen LogP contribution in [-0.2, 0) is 9.59 Å². The van der Waals surface area contributed by atoms with Crippen LogP contribution in [0.1, 0.15) is 32.1 Å². The fraction of sp³-hybridized carbons (Fsp3) is 0.429. The van der Waals surface area contributed by atoms with Crippen molar-refractivity contribution in [1.82, 2.24) is 0 Å². The summed E-state index contributed by atoms with van der Waals surface area (Å²) in [6.07, 6.45) is 10.0. The number of rotatable bonds is 2. The van der Waals surface area contributed by atoms with Crippen LogP contribution in [0.25, 0.3) is 0 Å². The second-order valence-electron chi connectivity index (χ2n) is 7.90. The molecule has 3 fully saturated rings. The van der Waals surface area contributed by atoms with Crippen LogP contribution in [0.3, 0.4) is 0 Å². The maximum atomic E-state index is 13.2. The molecule has 1 aromatic rings. The van der Waals surface area contributed by atoms with Gasteiger partial charge < -0.3 is 0 Å². The summed E-state index contributed by atoms with van der Waals surface area (Å²) in [6, 6.07) is 5.79. The molecule has 5 rings (SSSR count). The Labute approximate surface area is 156 Å². The Bertz CT molecular complexity index is 890. The zero-order valence-corrected chi connectivity index (χ0v) is 14.8. The van der Waals surface area contributed by atoms with Gasteiger partial charge in [-0.3, -0.25) is 19.7 Å². The molecule has 1 saturated heterocycles. The number of nitrogens with zero attached hydrogens (tertiary/aromatic N) is 2. The average Bonchev–Trinajstić information content (AvgIpc) is 3.32. The number of imide groups is 1. The highest BCUT2D eigenvalue weighted by Crippen LogP contribution is 2.58. The van der Waals surface area contributed by atoms with Crippen LogP contribution in [0, 0.1) is 33.8 Å². The quantitative estimate of drug-likeness (QED) is 0.346. The van der Waals surface area contributed by atoms with Gasteiger partial charge in [0, 0.05) is 24.0 Å². The number of hydrogen-bond acceptors (Lipinski definition) is 4. The van der Waals surface area contributed by atoms with Crippen LogP contribution in [0.15, 0.2) is 47.6 Å². The first-order valence-corrected chi connectivity index (χ1v) is 9.60. The molecule has 6 nitrogen and oxygen atoms in total. The molecule has 0 N–H and O–H groups in total. The zero-order chi connectivity index (χ0) is 18.7. The van der Waals surface area contributed by atoms with Crippen molar-refractivity contribution in [3.05, 3.63) is 57.7 Å². The number of hydrogen-bond donors (Lipinski definition) is 0. The van der Waals surface area contributed by atoms with Gasteiger partial charge in [0.2, 0.25) is 11.8 Å². The van der Waals surface area contributed by atoms with E-state index in [0.29, 0.717) is 5.69 Å². The van der Waals surface area contributed by atoms with Crippen molar-refractivity contribution in [3.63, 3.8) is 0 Å². The van der Waals surface area contributed by atoms with Crippen molar-refractivity contribution in [1.29, 1.82) is 0 Å². The van der Waals surface area contributed by atoms with Gasteiger partial charge in [0.15, 0.2) is 0 Å². The summed E-state index contributed by atoms with van der Waals surface area (Å²) < 4.78 is 0. The maximum absolute atomic E-state index is 13.2. The van der Waals surface area contributed by atoms with Crippen LogP contribution in [0.2, 0.25) is 0 Å². The maximum Gasteiger partial charge on any atom is 0.271 e. The normalized spacial score (nSPS) is 31.8. The van der Waals surface area contributed by atoms with E-state index < -0.39 is 4.92 Å². The zero-order valence-electron chi connectivity index (χ0n) is 14.8. The summed E-state index contributed by atoms with van der Waals surface area (Å²) in [5.41, 5.74) is 2.97. The molecule has 2 bridgehead atoms. The molecule has 0 aromatic heterocycles. The molecule has 0 spiro atoms. The molecule has 4 atom stereocenters. The third kappa shape index (κ3) is 2.25. The predicted molar refractivity (Wildman–Crippen MR) is 98.8 cm³/mol. The fourth-order valence-corrected chi connectivity index (χ4v) is 5.50. The molecule has 1 aromatic carbocycles. The van der Waals surface area contributed by atoms with Crippen molar-refractivity contribution in [3.8, 4) is 0 Å². The molecule has 1 heterocycles. The number of nitro groups is 1. The lowest BCUT2D eigenvalue weighted by molar-refractivity contribution is -0.384. The van der Waals surface area contributed by atoms with Gasteiger partial charge in [-0.25, -0.2) is 4.90 Å². The Hall–Kier alpha value is -2.76. The Morgan fingerprint density at radius 3 is 2.19 bits per heavy atom. The van der Waals surface area contributed by atoms with Gasteiger partial charge in [-0.15, -0.1) is 0 Å². The molecule has 4 aliphatic rings. The molecule has 138 valence electrons.